The van der Waals surface area contributed by atoms with Crippen LogP contribution in [0.1, 0.15) is 43.9 Å². The van der Waals surface area contributed by atoms with Crippen LogP contribution in [-0.4, -0.2) is 32.7 Å². The van der Waals surface area contributed by atoms with Crippen molar-refractivity contribution in [3.8, 4) is 22.8 Å². The second-order valence-corrected chi connectivity index (χ2v) is 11.3. The molecule has 1 aliphatic heterocycles. The number of nitrogens with one attached hydrogen (secondary N) is 1. The molecule has 0 unspecified atom stereocenters. The van der Waals surface area contributed by atoms with Crippen LogP contribution in [0.4, 0.5) is 23.2 Å². The van der Waals surface area contributed by atoms with Gasteiger partial charge in [0.1, 0.15) is 5.69 Å². The molecule has 7 rings (SSSR count). The van der Waals surface area contributed by atoms with Crippen molar-refractivity contribution >= 4 is 29.9 Å². The Bertz CT molecular complexity index is 1890. The number of allylic oxidation sites excluding steroid dienone is 2. The third-order valence-electron chi connectivity index (χ3n) is 7.65. The molecule has 0 amide bonds. The van der Waals surface area contributed by atoms with Gasteiger partial charge in [-0.2, -0.15) is 6.20 Å². The number of unbranched alkanes of at least 4 members (excludes halogenated alkanes) is 3. The van der Waals surface area contributed by atoms with Crippen molar-refractivity contribution in [3.63, 3.8) is 0 Å². The summed E-state index contributed by atoms with van der Waals surface area (Å²) in [4.78, 5) is 24.8. The van der Waals surface area contributed by atoms with Gasteiger partial charge in [-0.15, -0.1) is 18.1 Å². The van der Waals surface area contributed by atoms with Crippen LogP contribution in [0.5, 0.6) is 0 Å². The maximum atomic E-state index is 14.9. The zero-order chi connectivity index (χ0) is 36.5. The molecule has 54 heavy (non-hydrogen) atoms. The van der Waals surface area contributed by atoms with Crippen LogP contribution in [0.3, 0.4) is 0 Å². The normalized spacial score (nSPS) is 11.9. The third kappa shape index (κ3) is 11.6. The number of anilines is 1. The van der Waals surface area contributed by atoms with E-state index in [1.54, 1.807) is 36.9 Å². The Kier molecular flexibility index (Phi) is 18.1. The minimum Gasteiger partial charge on any atom is -0.664 e. The van der Waals surface area contributed by atoms with Crippen molar-refractivity contribution in [2.24, 2.45) is 4.99 Å². The maximum absolute atomic E-state index is 14.9. The van der Waals surface area contributed by atoms with Crippen LogP contribution in [0, 0.1) is 23.3 Å². The summed E-state index contributed by atoms with van der Waals surface area (Å²) in [6.07, 6.45) is 16.5. The zero-order valence-electron chi connectivity index (χ0n) is 29.2. The van der Waals surface area contributed by atoms with E-state index in [2.05, 4.69) is 35.2 Å². The zero-order valence-corrected chi connectivity index (χ0v) is 31.7. The van der Waals surface area contributed by atoms with Crippen LogP contribution < -0.4 is 10.3 Å². The number of benzene rings is 1. The van der Waals surface area contributed by atoms with Gasteiger partial charge < -0.3 is 10.3 Å². The number of rotatable bonds is 10. The minimum atomic E-state index is -1.48. The number of nitrogens with zero attached hydrogens (tertiary/aromatic N) is 6. The van der Waals surface area contributed by atoms with Crippen molar-refractivity contribution in [2.75, 3.05) is 11.9 Å². The van der Waals surface area contributed by atoms with Crippen LogP contribution >= 0.6 is 12.4 Å². The number of hydrogen-bond acceptors (Lipinski definition) is 6. The average Bonchev–Trinajstić information content (AvgIpc) is 3.95. The monoisotopic (exact) mass is 840 g/mol. The van der Waals surface area contributed by atoms with Crippen LogP contribution in [0.15, 0.2) is 139 Å². The topological polar surface area (TPSA) is 90.1 Å². The third-order valence-corrected chi connectivity index (χ3v) is 7.65. The molecule has 0 atom stereocenters. The summed E-state index contributed by atoms with van der Waals surface area (Å²) in [5.74, 6) is -5.87. The van der Waals surface area contributed by atoms with Gasteiger partial charge in [0.15, 0.2) is 23.3 Å². The van der Waals surface area contributed by atoms with Gasteiger partial charge in [0.25, 0.3) is 0 Å². The number of hydrogen-bond donors (Lipinski definition) is 1. The standard InChI is InChI=1S/C21H20F4N3.2C10H8N2.ClH.Ru/c1-2-3-4-5-10-28-21-19(24)17(22)16(18(23)20(21)25)15(13-8-6-11-26-13)14-9-7-12-27-14;2*1-3-7-11-9(5-1)10-6-2-4-8-12-10;;/h6-9,11-12,28H,2-5,10H2,1H3;2*1-8H;1H;/q-1;;;;+1. The van der Waals surface area contributed by atoms with Gasteiger partial charge in [-0.05, 0) is 72.7 Å². The number of aliphatic imine (C=N–C) groups is 1. The van der Waals surface area contributed by atoms with E-state index in [1.165, 1.54) is 24.6 Å². The first-order valence-electron chi connectivity index (χ1n) is 16.8. The predicted molar refractivity (Wildman–Crippen MR) is 205 cm³/mol. The number of halogens is 5. The van der Waals surface area contributed by atoms with Gasteiger partial charge >= 0.3 is 19.5 Å². The van der Waals surface area contributed by atoms with E-state index < -0.39 is 34.5 Å². The summed E-state index contributed by atoms with van der Waals surface area (Å²) >= 11 is 0. The van der Waals surface area contributed by atoms with Gasteiger partial charge in [-0.25, -0.2) is 17.6 Å². The summed E-state index contributed by atoms with van der Waals surface area (Å²) < 4.78 is 59.0. The van der Waals surface area contributed by atoms with Crippen molar-refractivity contribution in [2.45, 2.75) is 32.6 Å². The molecule has 279 valence electrons. The fourth-order valence-electron chi connectivity index (χ4n) is 5.11. The molecule has 6 aromatic rings. The van der Waals surface area contributed by atoms with Crippen molar-refractivity contribution in [3.05, 3.63) is 168 Å². The molecule has 0 spiro atoms. The quantitative estimate of drug-likeness (QED) is 0.0640. The molecule has 1 aliphatic rings. The Morgan fingerprint density at radius 1 is 0.630 bits per heavy atom. The summed E-state index contributed by atoms with van der Waals surface area (Å²) in [5, 5.41) is 2.49. The summed E-state index contributed by atoms with van der Waals surface area (Å²) in [7, 11) is 0. The van der Waals surface area contributed by atoms with E-state index in [0.29, 0.717) is 6.42 Å². The van der Waals surface area contributed by atoms with Gasteiger partial charge in [0, 0.05) is 37.5 Å². The fourth-order valence-corrected chi connectivity index (χ4v) is 5.11. The average molecular weight is 840 g/mol. The fraction of sp³-hybridized carbons (Fsp3) is 0.146. The number of aromatic nitrogens is 5. The number of pyridine rings is 4. The summed E-state index contributed by atoms with van der Waals surface area (Å²) in [5.41, 5.74) is 2.31. The van der Waals surface area contributed by atoms with Crippen molar-refractivity contribution in [1.29, 1.82) is 0 Å². The maximum Gasteiger partial charge on any atom is 1.00 e. The van der Waals surface area contributed by atoms with Gasteiger partial charge in [0.2, 0.25) is 0 Å². The largest absolute Gasteiger partial charge is 1.00 e. The molecule has 0 saturated heterocycles. The molecule has 0 fully saturated rings. The molecule has 13 heteroatoms. The van der Waals surface area contributed by atoms with Gasteiger partial charge in [-0.1, -0.05) is 62.6 Å². The molecule has 1 N–H and O–H groups in total. The Labute approximate surface area is 331 Å². The molecular formula is C41H37ClF4N7Ru. The Balaban J connectivity index is 0.000000248. The van der Waals surface area contributed by atoms with E-state index in [1.807, 2.05) is 79.7 Å². The van der Waals surface area contributed by atoms with Gasteiger partial charge in [0.05, 0.1) is 34.0 Å². The molecule has 6 heterocycles. The molecule has 7 nitrogen and oxygen atoms in total. The first-order valence-corrected chi connectivity index (χ1v) is 16.8. The Hall–Kier alpha value is -5.32. The Morgan fingerprint density at radius 3 is 1.50 bits per heavy atom. The van der Waals surface area contributed by atoms with E-state index in [9.17, 15) is 17.6 Å². The molecule has 0 aliphatic carbocycles. The van der Waals surface area contributed by atoms with E-state index in [4.69, 9.17) is 0 Å². The molecule has 0 bridgehead atoms. The summed E-state index contributed by atoms with van der Waals surface area (Å²) in [6.45, 7) is 2.25. The van der Waals surface area contributed by atoms with Crippen molar-refractivity contribution < 1.29 is 37.0 Å². The molecule has 1 aromatic carbocycles. The minimum absolute atomic E-state index is 0. The van der Waals surface area contributed by atoms with E-state index in [0.717, 1.165) is 42.0 Å². The predicted octanol–water partition coefficient (Wildman–Crippen LogP) is 10.3. The molecule has 0 saturated carbocycles. The molecular weight excluding hydrogens is 803 g/mol. The molecule has 1 radical (unpaired) electrons. The first kappa shape index (κ1) is 43.1. The molecule has 5 aromatic heterocycles. The van der Waals surface area contributed by atoms with Crippen LogP contribution in [0.2, 0.25) is 0 Å². The van der Waals surface area contributed by atoms with Gasteiger partial charge in [-0.3, -0.25) is 24.9 Å². The second-order valence-electron chi connectivity index (χ2n) is 11.3. The van der Waals surface area contributed by atoms with E-state index in [-0.39, 0.29) is 55.4 Å². The van der Waals surface area contributed by atoms with Crippen LogP contribution in [0.25, 0.3) is 28.3 Å². The van der Waals surface area contributed by atoms with Crippen LogP contribution in [-0.2, 0) is 19.5 Å². The Morgan fingerprint density at radius 2 is 1.13 bits per heavy atom. The first-order chi connectivity index (χ1) is 25.5. The second kappa shape index (κ2) is 22.7. The summed E-state index contributed by atoms with van der Waals surface area (Å²) in [6, 6.07) is 26.3. The van der Waals surface area contributed by atoms with E-state index >= 15 is 0 Å². The smallest absolute Gasteiger partial charge is 0.664 e. The van der Waals surface area contributed by atoms with Crippen molar-refractivity contribution in [1.82, 2.24) is 24.9 Å². The SMILES string of the molecule is CCCCCCNc1c(F)c(F)c(C(=C2C=CC=N2)c2ccc[n-]2)c(F)c1F.Cl.[Ru+].c1ccc(-c2ccccn2)nc1.c1ccc(-c2ccccn2)nc1.